The number of fused-ring (bicyclic) bond motifs is 3. The fourth-order valence-electron chi connectivity index (χ4n) is 7.05. The monoisotopic (exact) mass is 633 g/mol. The van der Waals surface area contributed by atoms with Gasteiger partial charge >= 0.3 is 12.2 Å². The van der Waals surface area contributed by atoms with Crippen molar-refractivity contribution in [1.29, 1.82) is 0 Å². The first-order valence-electron chi connectivity index (χ1n) is 16.3. The van der Waals surface area contributed by atoms with Crippen LogP contribution in [0.25, 0.3) is 33.5 Å². The number of amides is 3. The van der Waals surface area contributed by atoms with Crippen molar-refractivity contribution in [2.24, 2.45) is 0 Å². The Balaban J connectivity index is 1.03. The lowest BCUT2D eigenvalue weighted by atomic mass is 9.98. The molecule has 7 rings (SSSR count). The van der Waals surface area contributed by atoms with E-state index < -0.39 is 17.7 Å². The van der Waals surface area contributed by atoms with Gasteiger partial charge in [-0.3, -0.25) is 14.6 Å². The zero-order valence-corrected chi connectivity index (χ0v) is 26.9. The number of rotatable bonds is 5. The molecule has 2 atom stereocenters. The van der Waals surface area contributed by atoms with Gasteiger partial charge in [-0.25, -0.2) is 14.6 Å². The summed E-state index contributed by atoms with van der Waals surface area (Å²) in [5, 5.41) is 12.4. The smallest absolute Gasteiger partial charge is 0.410 e. The van der Waals surface area contributed by atoms with Crippen molar-refractivity contribution < 1.29 is 24.2 Å². The van der Waals surface area contributed by atoms with Crippen LogP contribution in [0, 0.1) is 0 Å². The van der Waals surface area contributed by atoms with E-state index in [1.807, 2.05) is 45.2 Å². The van der Waals surface area contributed by atoms with E-state index in [9.17, 15) is 19.5 Å². The lowest BCUT2D eigenvalue weighted by Crippen LogP contribution is -2.42. The van der Waals surface area contributed by atoms with E-state index >= 15 is 0 Å². The second kappa shape index (κ2) is 11.9. The Morgan fingerprint density at radius 3 is 2.28 bits per heavy atom. The third-order valence-corrected chi connectivity index (χ3v) is 9.27. The number of hydrogen-bond donors (Lipinski definition) is 3. The maximum Gasteiger partial charge on any atom is 0.410 e. The van der Waals surface area contributed by atoms with E-state index in [1.54, 1.807) is 4.90 Å². The minimum atomic E-state index is -1.06. The van der Waals surface area contributed by atoms with Gasteiger partial charge in [0.25, 0.3) is 0 Å². The Labute approximate surface area is 273 Å². The van der Waals surface area contributed by atoms with Crippen LogP contribution in [-0.2, 0) is 16.0 Å². The Hall–Kier alpha value is -5.12. The quantitative estimate of drug-likeness (QED) is 0.184. The van der Waals surface area contributed by atoms with Crippen molar-refractivity contribution in [3.05, 3.63) is 83.8 Å². The minimum absolute atomic E-state index is 0.129. The van der Waals surface area contributed by atoms with Gasteiger partial charge in [-0.1, -0.05) is 48.5 Å². The molecule has 1 aromatic heterocycles. The first-order chi connectivity index (χ1) is 22.5. The number of ether oxygens (including phenoxy) is 1. The predicted octanol–water partition coefficient (Wildman–Crippen LogP) is 7.47. The summed E-state index contributed by atoms with van der Waals surface area (Å²) in [7, 11) is 0. The number of aromatic amines is 1. The summed E-state index contributed by atoms with van der Waals surface area (Å²) in [6.45, 7) is 6.67. The summed E-state index contributed by atoms with van der Waals surface area (Å²) in [6.07, 6.45) is 4.20. The molecular weight excluding hydrogens is 594 g/mol. The van der Waals surface area contributed by atoms with E-state index in [2.05, 4.69) is 57.7 Å². The molecule has 3 aromatic carbocycles. The third-order valence-electron chi connectivity index (χ3n) is 9.27. The van der Waals surface area contributed by atoms with Crippen LogP contribution in [0.15, 0.2) is 66.9 Å². The third kappa shape index (κ3) is 6.07. The van der Waals surface area contributed by atoms with Gasteiger partial charge in [-0.05, 0) is 104 Å². The van der Waals surface area contributed by atoms with Crippen molar-refractivity contribution in [2.45, 2.75) is 70.6 Å². The standard InChI is InChI=1S/C37H39N5O5/c1-37(2,3)47-36(46)42-17-4-6-31(42)33-38-21-30(40-33)23-10-8-22(9-11-23)24-12-14-28-25(18-24)19-26-20-27(13-15-29(26)28)39-34(43)32-7-5-16-41(32)35(44)45/h8-15,18,20-21,31-32H,4-7,16-17,19H2,1-3H3,(H,38,40)(H,39,43)(H,44,45)/t31-,32-/m0/s1. The summed E-state index contributed by atoms with van der Waals surface area (Å²) in [6, 6.07) is 20.1. The molecule has 242 valence electrons. The highest BCUT2D eigenvalue weighted by Gasteiger charge is 2.36. The topological polar surface area (TPSA) is 128 Å². The van der Waals surface area contributed by atoms with Crippen LogP contribution in [0.2, 0.25) is 0 Å². The lowest BCUT2D eigenvalue weighted by Gasteiger charge is -2.27. The molecule has 0 bridgehead atoms. The first kappa shape index (κ1) is 30.5. The van der Waals surface area contributed by atoms with Crippen LogP contribution in [0.4, 0.5) is 15.3 Å². The molecule has 0 radical (unpaired) electrons. The molecule has 1 aliphatic carbocycles. The molecule has 2 aliphatic heterocycles. The van der Waals surface area contributed by atoms with Gasteiger partial charge in [-0.2, -0.15) is 0 Å². The molecule has 0 unspecified atom stereocenters. The van der Waals surface area contributed by atoms with Crippen LogP contribution in [0.5, 0.6) is 0 Å². The SMILES string of the molecule is CC(C)(C)OC(=O)N1CCC[C@H]1c1ncc(-c2ccc(-c3ccc4c(c3)Cc3cc(NC(=O)[C@@H]5CCCN5C(=O)O)ccc3-4)cc2)[nH]1. The van der Waals surface area contributed by atoms with Crippen molar-refractivity contribution >= 4 is 23.8 Å². The minimum Gasteiger partial charge on any atom is -0.465 e. The zero-order chi connectivity index (χ0) is 32.9. The number of likely N-dealkylation sites (tertiary alicyclic amines) is 2. The number of imidazole rings is 1. The Bertz CT molecular complexity index is 1860. The van der Waals surface area contributed by atoms with Gasteiger partial charge in [-0.15, -0.1) is 0 Å². The van der Waals surface area contributed by atoms with Gasteiger partial charge < -0.3 is 20.1 Å². The summed E-state index contributed by atoms with van der Waals surface area (Å²) in [4.78, 5) is 48.2. The number of carboxylic acid groups (broad SMARTS) is 1. The van der Waals surface area contributed by atoms with Crippen molar-refractivity contribution in [3.63, 3.8) is 0 Å². The molecule has 3 heterocycles. The normalized spacial score (nSPS) is 18.6. The maximum absolute atomic E-state index is 12.9. The number of benzene rings is 3. The molecule has 3 N–H and O–H groups in total. The molecule has 0 saturated carbocycles. The van der Waals surface area contributed by atoms with Gasteiger partial charge in [0.15, 0.2) is 0 Å². The van der Waals surface area contributed by atoms with Crippen molar-refractivity contribution in [3.8, 4) is 33.5 Å². The Morgan fingerprint density at radius 1 is 0.872 bits per heavy atom. The van der Waals surface area contributed by atoms with Gasteiger partial charge in [0.2, 0.25) is 5.91 Å². The number of carbonyl (C=O) groups is 3. The van der Waals surface area contributed by atoms with Crippen LogP contribution in [0.1, 0.15) is 69.4 Å². The summed E-state index contributed by atoms with van der Waals surface area (Å²) in [5.41, 5.74) is 8.97. The van der Waals surface area contributed by atoms with Gasteiger partial charge in [0.1, 0.15) is 17.5 Å². The highest BCUT2D eigenvalue weighted by molar-refractivity contribution is 5.97. The molecule has 2 saturated heterocycles. The highest BCUT2D eigenvalue weighted by atomic mass is 16.6. The Kier molecular flexibility index (Phi) is 7.74. The van der Waals surface area contributed by atoms with E-state index in [0.29, 0.717) is 31.6 Å². The number of nitrogens with one attached hydrogen (secondary N) is 2. The van der Waals surface area contributed by atoms with Gasteiger partial charge in [0.05, 0.1) is 17.9 Å². The summed E-state index contributed by atoms with van der Waals surface area (Å²) >= 11 is 0. The molecule has 4 aromatic rings. The second-order valence-electron chi connectivity index (χ2n) is 13.6. The molecule has 2 fully saturated rings. The molecule has 10 heteroatoms. The number of nitrogens with zero attached hydrogens (tertiary/aromatic N) is 3. The van der Waals surface area contributed by atoms with Gasteiger partial charge in [0, 0.05) is 18.8 Å². The number of anilines is 1. The molecular formula is C37H39N5O5. The lowest BCUT2D eigenvalue weighted by molar-refractivity contribution is -0.119. The highest BCUT2D eigenvalue weighted by Crippen LogP contribution is 2.40. The molecule has 0 spiro atoms. The molecule has 10 nitrogen and oxygen atoms in total. The number of hydrogen-bond acceptors (Lipinski definition) is 5. The molecule has 3 amide bonds. The fraction of sp³-hybridized carbons (Fsp3) is 0.351. The largest absolute Gasteiger partial charge is 0.465 e. The van der Waals surface area contributed by atoms with Crippen LogP contribution < -0.4 is 5.32 Å². The summed E-state index contributed by atoms with van der Waals surface area (Å²) < 4.78 is 5.62. The van der Waals surface area contributed by atoms with Crippen LogP contribution in [0.3, 0.4) is 0 Å². The van der Waals surface area contributed by atoms with E-state index in [4.69, 9.17) is 4.74 Å². The number of aromatic nitrogens is 2. The predicted molar refractivity (Wildman–Crippen MR) is 179 cm³/mol. The van der Waals surface area contributed by atoms with E-state index in [-0.39, 0.29) is 18.0 Å². The van der Waals surface area contributed by atoms with E-state index in [1.165, 1.54) is 16.0 Å². The average Bonchev–Trinajstić information content (AvgIpc) is 3.85. The zero-order valence-electron chi connectivity index (χ0n) is 26.9. The number of H-pyrrole nitrogens is 1. The maximum atomic E-state index is 12.9. The fourth-order valence-corrected chi connectivity index (χ4v) is 7.05. The second-order valence-corrected chi connectivity index (χ2v) is 13.6. The van der Waals surface area contributed by atoms with E-state index in [0.717, 1.165) is 58.6 Å². The first-order valence-corrected chi connectivity index (χ1v) is 16.3. The number of carbonyl (C=O) groups excluding carboxylic acids is 2. The van der Waals surface area contributed by atoms with Crippen LogP contribution in [-0.4, -0.2) is 67.7 Å². The van der Waals surface area contributed by atoms with Crippen molar-refractivity contribution in [2.75, 3.05) is 18.4 Å². The summed E-state index contributed by atoms with van der Waals surface area (Å²) in [5.74, 6) is 0.493. The molecule has 47 heavy (non-hydrogen) atoms. The Morgan fingerprint density at radius 2 is 1.53 bits per heavy atom. The molecule has 3 aliphatic rings. The van der Waals surface area contributed by atoms with Crippen molar-refractivity contribution in [1.82, 2.24) is 19.8 Å². The average molecular weight is 634 g/mol. The van der Waals surface area contributed by atoms with Crippen LogP contribution >= 0.6 is 0 Å².